The van der Waals surface area contributed by atoms with E-state index in [1.807, 2.05) is 0 Å². The van der Waals surface area contributed by atoms with Crippen LogP contribution < -0.4 is 0 Å². The lowest BCUT2D eigenvalue weighted by Gasteiger charge is -2.59. The molecule has 186 valence electrons. The third kappa shape index (κ3) is 3.41. The Morgan fingerprint density at radius 3 is 2.44 bits per heavy atom. The first-order valence-electron chi connectivity index (χ1n) is 13.3. The normalized spacial score (nSPS) is 44.9. The fourth-order valence-corrected chi connectivity index (χ4v) is 9.18. The van der Waals surface area contributed by atoms with E-state index in [4.69, 9.17) is 9.84 Å². The predicted octanol–water partition coefficient (Wildman–Crippen LogP) is 5.36. The van der Waals surface area contributed by atoms with Gasteiger partial charge in [0, 0.05) is 18.4 Å². The smallest absolute Gasteiger partial charge is 0.335 e. The minimum atomic E-state index is -0.879. The lowest BCUT2D eigenvalue weighted by molar-refractivity contribution is -0.132. The molecule has 1 heterocycles. The Balaban J connectivity index is 0.000000227. The molecule has 1 saturated heterocycles. The molecule has 1 aliphatic heterocycles. The summed E-state index contributed by atoms with van der Waals surface area (Å²) in [5, 5.41) is 18.1. The number of carboxylic acids is 1. The molecule has 5 fully saturated rings. The van der Waals surface area contributed by atoms with Gasteiger partial charge in [0.25, 0.3) is 0 Å². The van der Waals surface area contributed by atoms with E-state index in [-0.39, 0.29) is 17.1 Å². The van der Waals surface area contributed by atoms with Gasteiger partial charge in [-0.25, -0.2) is 4.79 Å². The summed E-state index contributed by atoms with van der Waals surface area (Å²) in [6.45, 7) is 7.57. The van der Waals surface area contributed by atoms with Crippen LogP contribution in [0, 0.1) is 40.4 Å². The van der Waals surface area contributed by atoms with Crippen molar-refractivity contribution in [3.05, 3.63) is 35.9 Å². The molecule has 1 aromatic rings. The molecule has 34 heavy (non-hydrogen) atoms. The van der Waals surface area contributed by atoms with Crippen LogP contribution in [-0.4, -0.2) is 40.3 Å². The third-order valence-electron chi connectivity index (χ3n) is 11.0. The van der Waals surface area contributed by atoms with E-state index < -0.39 is 5.97 Å². The monoisotopic (exact) mass is 468 g/mol. The third-order valence-corrected chi connectivity index (χ3v) is 11.0. The minimum Gasteiger partial charge on any atom is -0.478 e. The fraction of sp³-hybridized carbons (Fsp3) is 0.724. The number of hydrogen-bond acceptors (Lipinski definition) is 4. The number of aromatic carboxylic acids is 1. The summed E-state index contributed by atoms with van der Waals surface area (Å²) >= 11 is 0. The molecule has 9 atom stereocenters. The van der Waals surface area contributed by atoms with Gasteiger partial charge in [-0.05, 0) is 92.1 Å². The zero-order valence-electron chi connectivity index (χ0n) is 20.8. The van der Waals surface area contributed by atoms with Crippen LogP contribution in [0.1, 0.15) is 82.5 Å². The molecule has 0 bridgehead atoms. The Morgan fingerprint density at radius 1 is 1.06 bits per heavy atom. The van der Waals surface area contributed by atoms with Gasteiger partial charge in [0.2, 0.25) is 0 Å². The van der Waals surface area contributed by atoms with E-state index >= 15 is 0 Å². The molecule has 2 unspecified atom stereocenters. The lowest BCUT2D eigenvalue weighted by Crippen LogP contribution is -2.58. The van der Waals surface area contributed by atoms with Gasteiger partial charge in [-0.2, -0.15) is 0 Å². The molecule has 0 amide bonds. The average molecular weight is 469 g/mol. The molecule has 5 nitrogen and oxygen atoms in total. The van der Waals surface area contributed by atoms with Crippen molar-refractivity contribution in [2.24, 2.45) is 40.4 Å². The first-order valence-corrected chi connectivity index (χ1v) is 13.3. The minimum absolute atomic E-state index is 0.0637. The number of carbonyl (C=O) groups excluding carboxylic acids is 1. The summed E-state index contributed by atoms with van der Waals surface area (Å²) < 4.78 is 6.16. The van der Waals surface area contributed by atoms with Crippen molar-refractivity contribution < 1.29 is 24.5 Å². The van der Waals surface area contributed by atoms with Gasteiger partial charge in [-0.3, -0.25) is 4.79 Å². The molecule has 1 spiro atoms. The molecule has 4 saturated carbocycles. The summed E-state index contributed by atoms with van der Waals surface area (Å²) in [5.41, 5.74) is 0.875. The predicted molar refractivity (Wildman–Crippen MR) is 129 cm³/mol. The van der Waals surface area contributed by atoms with E-state index in [1.54, 1.807) is 30.3 Å². The zero-order valence-corrected chi connectivity index (χ0v) is 20.8. The van der Waals surface area contributed by atoms with Crippen LogP contribution in [-0.2, 0) is 9.53 Å². The number of epoxide rings is 1. The SMILES string of the molecule is C[C@H](CO)[C@H]1CC[C@H]2[C@@H]3CCC45OC4C(=O)CC[C@]5(C)[C@H]3CC[C@]12C.O=C(O)c1ccccc1. The summed E-state index contributed by atoms with van der Waals surface area (Å²) in [4.78, 5) is 22.4. The number of aliphatic hydroxyl groups excluding tert-OH is 1. The van der Waals surface area contributed by atoms with Crippen molar-refractivity contribution in [2.45, 2.75) is 83.8 Å². The topological polar surface area (TPSA) is 87.1 Å². The average Bonchev–Trinajstić information content (AvgIpc) is 3.49. The molecular weight excluding hydrogens is 428 g/mol. The maximum absolute atomic E-state index is 12.2. The quantitative estimate of drug-likeness (QED) is 0.583. The van der Waals surface area contributed by atoms with Crippen LogP contribution in [0.25, 0.3) is 0 Å². The van der Waals surface area contributed by atoms with Gasteiger partial charge in [-0.15, -0.1) is 0 Å². The van der Waals surface area contributed by atoms with Crippen molar-refractivity contribution in [1.29, 1.82) is 0 Å². The number of Topliss-reactive ketones (excluding diaryl/α,β-unsaturated/α-hetero) is 1. The first kappa shape index (κ1) is 24.0. The molecule has 5 aliphatic rings. The van der Waals surface area contributed by atoms with Gasteiger partial charge >= 0.3 is 5.97 Å². The summed E-state index contributed by atoms with van der Waals surface area (Å²) in [6.07, 6.45) is 9.32. The highest BCUT2D eigenvalue weighted by molar-refractivity contribution is 5.88. The summed E-state index contributed by atoms with van der Waals surface area (Å²) in [6, 6.07) is 8.30. The van der Waals surface area contributed by atoms with E-state index in [2.05, 4.69) is 20.8 Å². The van der Waals surface area contributed by atoms with Gasteiger partial charge in [0.1, 0.15) is 11.7 Å². The van der Waals surface area contributed by atoms with Crippen molar-refractivity contribution in [1.82, 2.24) is 0 Å². The Kier molecular flexibility index (Phi) is 5.96. The molecule has 0 aromatic heterocycles. The van der Waals surface area contributed by atoms with Crippen LogP contribution in [0.3, 0.4) is 0 Å². The van der Waals surface area contributed by atoms with E-state index in [1.165, 1.54) is 32.1 Å². The highest BCUT2D eigenvalue weighted by atomic mass is 16.6. The number of aliphatic hydroxyl groups is 1. The van der Waals surface area contributed by atoms with Crippen LogP contribution >= 0.6 is 0 Å². The van der Waals surface area contributed by atoms with Crippen molar-refractivity contribution in [2.75, 3.05) is 6.61 Å². The standard InChI is InChI=1S/C22H34O3.C7H6O2/c1-13(12-23)15-4-5-16-14-6-11-22-19(25-22)18(24)8-10-21(22,3)17(14)7-9-20(15,16)2;8-7(9)6-4-2-1-3-5-6/h13-17,19,23H,4-12H2,1-3H3;1-5H,(H,8,9)/t13-,14+,15-,16+,17+,19?,20-,21-,22?;/m1./s1. The highest BCUT2D eigenvalue weighted by Gasteiger charge is 2.76. The molecule has 5 heteroatoms. The van der Waals surface area contributed by atoms with Crippen LogP contribution in [0.4, 0.5) is 0 Å². The van der Waals surface area contributed by atoms with Gasteiger partial charge in [-0.1, -0.05) is 39.0 Å². The van der Waals surface area contributed by atoms with Crippen LogP contribution in [0.2, 0.25) is 0 Å². The number of hydrogen-bond donors (Lipinski definition) is 2. The molecule has 4 aliphatic carbocycles. The van der Waals surface area contributed by atoms with Crippen LogP contribution in [0.15, 0.2) is 30.3 Å². The second-order valence-electron chi connectivity index (χ2n) is 12.2. The Labute approximate surface area is 203 Å². The zero-order chi connectivity index (χ0) is 24.3. The summed E-state index contributed by atoms with van der Waals surface area (Å²) in [7, 11) is 0. The van der Waals surface area contributed by atoms with E-state index in [0.29, 0.717) is 35.2 Å². The van der Waals surface area contributed by atoms with Crippen molar-refractivity contribution in [3.63, 3.8) is 0 Å². The number of fused-ring (bicyclic) bond motifs is 4. The highest BCUT2D eigenvalue weighted by Crippen LogP contribution is 2.73. The van der Waals surface area contributed by atoms with Gasteiger partial charge < -0.3 is 14.9 Å². The number of carboxylic acid groups (broad SMARTS) is 1. The number of rotatable bonds is 3. The fourth-order valence-electron chi connectivity index (χ4n) is 9.18. The lowest BCUT2D eigenvalue weighted by atomic mass is 9.44. The van der Waals surface area contributed by atoms with Gasteiger partial charge in [0.05, 0.1) is 5.56 Å². The Bertz CT molecular complexity index is 945. The number of ketones is 1. The van der Waals surface area contributed by atoms with E-state index in [0.717, 1.165) is 37.0 Å². The summed E-state index contributed by atoms with van der Waals surface area (Å²) in [5.74, 6) is 2.97. The Hall–Kier alpha value is -1.72. The second kappa shape index (κ2) is 8.44. The maximum Gasteiger partial charge on any atom is 0.335 e. The van der Waals surface area contributed by atoms with Crippen LogP contribution in [0.5, 0.6) is 0 Å². The largest absolute Gasteiger partial charge is 0.478 e. The number of carbonyl (C=O) groups is 2. The first-order chi connectivity index (χ1) is 16.2. The maximum atomic E-state index is 12.2. The molecule has 0 radical (unpaired) electrons. The molecular formula is C29H40O5. The van der Waals surface area contributed by atoms with Crippen molar-refractivity contribution >= 4 is 11.8 Å². The molecule has 6 rings (SSSR count). The number of ether oxygens (including phenoxy) is 1. The second-order valence-corrected chi connectivity index (χ2v) is 12.2. The van der Waals surface area contributed by atoms with Gasteiger partial charge in [0.15, 0.2) is 5.78 Å². The Morgan fingerprint density at radius 2 is 1.79 bits per heavy atom. The number of benzene rings is 1. The van der Waals surface area contributed by atoms with E-state index in [9.17, 15) is 14.7 Å². The van der Waals surface area contributed by atoms with Crippen molar-refractivity contribution in [3.8, 4) is 0 Å². The molecule has 1 aromatic carbocycles. The molecule has 2 N–H and O–H groups in total.